The molecule has 2 fully saturated rings. The van der Waals surface area contributed by atoms with E-state index in [1.54, 1.807) is 0 Å². The molecule has 0 aromatic rings. The molecule has 1 unspecified atom stereocenters. The minimum absolute atomic E-state index is 0.0602. The summed E-state index contributed by atoms with van der Waals surface area (Å²) in [5, 5.41) is 1.24. The van der Waals surface area contributed by atoms with Crippen LogP contribution in [0.5, 0.6) is 0 Å². The van der Waals surface area contributed by atoms with E-state index < -0.39 is 11.8 Å². The Morgan fingerprint density at radius 2 is 2.29 bits per heavy atom. The van der Waals surface area contributed by atoms with Crippen LogP contribution < -0.4 is 5.73 Å². The Kier molecular flexibility index (Phi) is 2.39. The summed E-state index contributed by atoms with van der Waals surface area (Å²) < 4.78 is 5.12. The summed E-state index contributed by atoms with van der Waals surface area (Å²) in [4.78, 5) is 27.5. The van der Waals surface area contributed by atoms with Gasteiger partial charge in [0.15, 0.2) is 0 Å². The lowest BCUT2D eigenvalue weighted by molar-refractivity contribution is -0.173. The van der Waals surface area contributed by atoms with Crippen molar-refractivity contribution in [1.82, 2.24) is 5.06 Å². The van der Waals surface area contributed by atoms with E-state index in [4.69, 9.17) is 15.3 Å². The van der Waals surface area contributed by atoms with Crippen LogP contribution in [0.1, 0.15) is 6.42 Å². The van der Waals surface area contributed by atoms with Gasteiger partial charge in [0.05, 0.1) is 19.3 Å². The van der Waals surface area contributed by atoms with E-state index in [2.05, 4.69) is 0 Å². The molecule has 6 nitrogen and oxygen atoms in total. The number of hydrogen-bond donors (Lipinski definition) is 1. The van der Waals surface area contributed by atoms with Gasteiger partial charge in [-0.2, -0.15) is 0 Å². The van der Waals surface area contributed by atoms with Crippen LogP contribution in [0.2, 0.25) is 0 Å². The lowest BCUT2D eigenvalue weighted by Crippen LogP contribution is -2.39. The van der Waals surface area contributed by atoms with Gasteiger partial charge >= 0.3 is 0 Å². The molecule has 0 saturated carbocycles. The minimum atomic E-state index is -0.824. The Morgan fingerprint density at radius 1 is 1.50 bits per heavy atom. The van der Waals surface area contributed by atoms with Crippen LogP contribution in [-0.4, -0.2) is 42.7 Å². The van der Waals surface area contributed by atoms with Crippen molar-refractivity contribution in [3.05, 3.63) is 0 Å². The van der Waals surface area contributed by atoms with Crippen LogP contribution in [0.25, 0.3) is 0 Å². The second-order valence-electron chi connectivity index (χ2n) is 3.43. The van der Waals surface area contributed by atoms with E-state index in [0.29, 0.717) is 13.2 Å². The first-order valence-electron chi connectivity index (χ1n) is 4.53. The highest BCUT2D eigenvalue weighted by molar-refractivity contribution is 6.00. The van der Waals surface area contributed by atoms with E-state index in [0.717, 1.165) is 6.42 Å². The molecule has 14 heavy (non-hydrogen) atoms. The molecule has 2 aliphatic rings. The Morgan fingerprint density at radius 3 is 2.79 bits per heavy atom. The Labute approximate surface area is 80.9 Å². The topological polar surface area (TPSA) is 81.9 Å². The van der Waals surface area contributed by atoms with E-state index in [1.165, 1.54) is 5.06 Å². The van der Waals surface area contributed by atoms with Gasteiger partial charge in [0.25, 0.3) is 5.91 Å². The van der Waals surface area contributed by atoms with Gasteiger partial charge in [-0.05, 0) is 6.42 Å². The van der Waals surface area contributed by atoms with E-state index in [-0.39, 0.29) is 18.6 Å². The molecular formula is C8H12N2O4. The van der Waals surface area contributed by atoms with Crippen molar-refractivity contribution in [2.45, 2.75) is 12.5 Å². The third kappa shape index (κ3) is 1.46. The average molecular weight is 200 g/mol. The number of hydroxylamine groups is 2. The van der Waals surface area contributed by atoms with E-state index >= 15 is 0 Å². The highest BCUT2D eigenvalue weighted by atomic mass is 16.7. The van der Waals surface area contributed by atoms with Crippen LogP contribution in [0.3, 0.4) is 0 Å². The first kappa shape index (κ1) is 9.42. The zero-order chi connectivity index (χ0) is 10.1. The third-order valence-corrected chi connectivity index (χ3v) is 2.48. The molecule has 2 atom stereocenters. The molecule has 2 amide bonds. The first-order chi connectivity index (χ1) is 6.70. The number of rotatable bonds is 2. The van der Waals surface area contributed by atoms with Crippen molar-refractivity contribution in [3.8, 4) is 0 Å². The fourth-order valence-electron chi connectivity index (χ4n) is 1.64. The molecule has 0 aliphatic carbocycles. The van der Waals surface area contributed by atoms with Crippen molar-refractivity contribution in [1.29, 1.82) is 0 Å². The lowest BCUT2D eigenvalue weighted by Gasteiger charge is -2.19. The second kappa shape index (κ2) is 3.55. The zero-order valence-electron chi connectivity index (χ0n) is 7.64. The number of primary amides is 1. The summed E-state index contributed by atoms with van der Waals surface area (Å²) in [6.07, 6.45) is 0.747. The van der Waals surface area contributed by atoms with Gasteiger partial charge in [0.1, 0.15) is 5.92 Å². The smallest absolute Gasteiger partial charge is 0.261 e. The minimum Gasteiger partial charge on any atom is -0.379 e. The molecule has 2 saturated heterocycles. The standard InChI is InChI=1S/C8H12N2O4/c9-7(11)6-4-14-10(8(6)12)5-1-2-13-3-5/h5-6H,1-4H2,(H2,9,11)/t5-,6?/m1/s1. The number of nitrogens with two attached hydrogens (primary N) is 1. The fourth-order valence-corrected chi connectivity index (χ4v) is 1.64. The van der Waals surface area contributed by atoms with Gasteiger partial charge in [-0.15, -0.1) is 0 Å². The number of nitrogens with zero attached hydrogens (tertiary/aromatic N) is 1. The van der Waals surface area contributed by atoms with Crippen LogP contribution >= 0.6 is 0 Å². The number of amides is 2. The summed E-state index contributed by atoms with van der Waals surface area (Å²) in [5.41, 5.74) is 5.05. The summed E-state index contributed by atoms with van der Waals surface area (Å²) in [6, 6.07) is -0.0631. The van der Waals surface area contributed by atoms with Gasteiger partial charge in [0, 0.05) is 6.61 Å². The average Bonchev–Trinajstić information content (AvgIpc) is 2.71. The number of ether oxygens (including phenoxy) is 1. The molecule has 2 aliphatic heterocycles. The molecule has 0 aromatic heterocycles. The number of carbonyl (C=O) groups is 2. The SMILES string of the molecule is NC(=O)C1CON([C@@H]2CCOC2)C1=O. The molecule has 78 valence electrons. The van der Waals surface area contributed by atoms with E-state index in [1.807, 2.05) is 0 Å². The van der Waals surface area contributed by atoms with Gasteiger partial charge in [-0.1, -0.05) is 0 Å². The molecule has 2 rings (SSSR count). The Hall–Kier alpha value is -1.14. The van der Waals surface area contributed by atoms with Crippen LogP contribution in [0.4, 0.5) is 0 Å². The zero-order valence-corrected chi connectivity index (χ0v) is 7.64. The maximum absolute atomic E-state index is 11.6. The number of hydrogen-bond acceptors (Lipinski definition) is 4. The van der Waals surface area contributed by atoms with Gasteiger partial charge in [-0.25, -0.2) is 5.06 Å². The predicted octanol–water partition coefficient (Wildman–Crippen LogP) is -1.35. The van der Waals surface area contributed by atoms with Crippen LogP contribution in [-0.2, 0) is 19.2 Å². The molecule has 0 aromatic carbocycles. The summed E-state index contributed by atoms with van der Waals surface area (Å²) in [7, 11) is 0. The van der Waals surface area contributed by atoms with Crippen molar-refractivity contribution in [2.75, 3.05) is 19.8 Å². The van der Waals surface area contributed by atoms with E-state index in [9.17, 15) is 9.59 Å². The van der Waals surface area contributed by atoms with Crippen molar-refractivity contribution in [2.24, 2.45) is 11.7 Å². The molecule has 2 heterocycles. The Balaban J connectivity index is 2.02. The first-order valence-corrected chi connectivity index (χ1v) is 4.53. The van der Waals surface area contributed by atoms with Gasteiger partial charge in [0.2, 0.25) is 5.91 Å². The molecule has 0 radical (unpaired) electrons. The van der Waals surface area contributed by atoms with Crippen LogP contribution in [0.15, 0.2) is 0 Å². The molecule has 6 heteroatoms. The highest BCUT2D eigenvalue weighted by Crippen LogP contribution is 2.21. The molecule has 0 spiro atoms. The van der Waals surface area contributed by atoms with Crippen molar-refractivity contribution in [3.63, 3.8) is 0 Å². The third-order valence-electron chi connectivity index (χ3n) is 2.48. The molecular weight excluding hydrogens is 188 g/mol. The quantitative estimate of drug-likeness (QED) is 0.559. The van der Waals surface area contributed by atoms with Crippen molar-refractivity contribution < 1.29 is 19.2 Å². The van der Waals surface area contributed by atoms with Crippen molar-refractivity contribution >= 4 is 11.8 Å². The monoisotopic (exact) mass is 200 g/mol. The van der Waals surface area contributed by atoms with Gasteiger partial charge in [-0.3, -0.25) is 14.4 Å². The Bertz CT molecular complexity index is 262. The second-order valence-corrected chi connectivity index (χ2v) is 3.43. The van der Waals surface area contributed by atoms with Crippen LogP contribution in [0, 0.1) is 5.92 Å². The predicted molar refractivity (Wildman–Crippen MR) is 44.7 cm³/mol. The summed E-state index contributed by atoms with van der Waals surface area (Å²) in [6.45, 7) is 1.15. The molecule has 2 N–H and O–H groups in total. The maximum Gasteiger partial charge on any atom is 0.261 e. The highest BCUT2D eigenvalue weighted by Gasteiger charge is 2.41. The maximum atomic E-state index is 11.6. The fraction of sp³-hybridized carbons (Fsp3) is 0.750. The van der Waals surface area contributed by atoms with Gasteiger partial charge < -0.3 is 10.5 Å². The normalized spacial score (nSPS) is 32.6. The summed E-state index contributed by atoms with van der Waals surface area (Å²) >= 11 is 0. The molecule has 0 bridgehead atoms. The lowest BCUT2D eigenvalue weighted by atomic mass is 10.1. The largest absolute Gasteiger partial charge is 0.379 e. The summed E-state index contributed by atoms with van der Waals surface area (Å²) in [5.74, 6) is -1.79. The number of carbonyl (C=O) groups excluding carboxylic acids is 2.